The highest BCUT2D eigenvalue weighted by molar-refractivity contribution is 9.10. The van der Waals surface area contributed by atoms with Crippen molar-refractivity contribution in [2.75, 3.05) is 5.32 Å². The third kappa shape index (κ3) is 4.56. The number of rotatable bonds is 5. The number of carbonyl (C=O) groups excluding carboxylic acids is 2. The third-order valence-electron chi connectivity index (χ3n) is 2.70. The molecule has 114 valence electrons. The molecule has 1 aromatic heterocycles. The van der Waals surface area contributed by atoms with Gasteiger partial charge < -0.3 is 9.73 Å². The first-order valence-corrected chi connectivity index (χ1v) is 7.36. The van der Waals surface area contributed by atoms with Crippen LogP contribution in [-0.4, -0.2) is 18.0 Å². The second-order valence-electron chi connectivity index (χ2n) is 4.32. The van der Waals surface area contributed by atoms with Gasteiger partial charge in [0.2, 0.25) is 5.91 Å². The quantitative estimate of drug-likeness (QED) is 0.632. The monoisotopic (exact) mass is 363 g/mol. The van der Waals surface area contributed by atoms with E-state index in [0.717, 1.165) is 0 Å². The van der Waals surface area contributed by atoms with Crippen LogP contribution in [0.3, 0.4) is 0 Å². The van der Waals surface area contributed by atoms with Crippen LogP contribution >= 0.6 is 15.9 Å². The zero-order valence-electron chi connectivity index (χ0n) is 11.8. The lowest BCUT2D eigenvalue weighted by Gasteiger charge is -2.04. The number of amides is 2. The van der Waals surface area contributed by atoms with E-state index in [2.05, 4.69) is 31.8 Å². The predicted octanol–water partition coefficient (Wildman–Crippen LogP) is 3.15. The van der Waals surface area contributed by atoms with Gasteiger partial charge in [0.15, 0.2) is 4.67 Å². The fraction of sp³-hybridized carbons (Fsp3) is 0.133. The highest BCUT2D eigenvalue weighted by Gasteiger charge is 2.05. The molecule has 1 heterocycles. The van der Waals surface area contributed by atoms with E-state index in [1.807, 2.05) is 0 Å². The number of carbonyl (C=O) groups is 2. The van der Waals surface area contributed by atoms with Crippen molar-refractivity contribution in [3.05, 3.63) is 52.4 Å². The Bertz CT molecular complexity index is 692. The fourth-order valence-electron chi connectivity index (χ4n) is 1.57. The molecule has 0 saturated carbocycles. The summed E-state index contributed by atoms with van der Waals surface area (Å²) in [7, 11) is 0. The largest absolute Gasteiger partial charge is 0.448 e. The lowest BCUT2D eigenvalue weighted by molar-refractivity contribution is -0.115. The summed E-state index contributed by atoms with van der Waals surface area (Å²) in [5, 5.41) is 6.51. The Labute approximate surface area is 135 Å². The highest BCUT2D eigenvalue weighted by Crippen LogP contribution is 2.12. The van der Waals surface area contributed by atoms with Crippen LogP contribution in [0.1, 0.15) is 29.5 Å². The van der Waals surface area contributed by atoms with Gasteiger partial charge in [-0.3, -0.25) is 9.59 Å². The van der Waals surface area contributed by atoms with E-state index < -0.39 is 0 Å². The molecule has 2 N–H and O–H groups in total. The molecule has 0 aliphatic rings. The van der Waals surface area contributed by atoms with Gasteiger partial charge in [0.1, 0.15) is 5.76 Å². The summed E-state index contributed by atoms with van der Waals surface area (Å²) in [6, 6.07) is 9.99. The summed E-state index contributed by atoms with van der Waals surface area (Å²) in [5.41, 5.74) is 3.48. The van der Waals surface area contributed by atoms with Gasteiger partial charge in [-0.05, 0) is 52.3 Å². The van der Waals surface area contributed by atoms with Gasteiger partial charge in [-0.2, -0.15) is 5.10 Å². The molecule has 0 aliphatic heterocycles. The Kier molecular flexibility index (Phi) is 5.48. The minimum atomic E-state index is -0.352. The van der Waals surface area contributed by atoms with Crippen LogP contribution in [0.4, 0.5) is 5.69 Å². The zero-order valence-corrected chi connectivity index (χ0v) is 13.4. The minimum Gasteiger partial charge on any atom is -0.448 e. The Morgan fingerprint density at radius 1 is 1.23 bits per heavy atom. The first-order valence-electron chi connectivity index (χ1n) is 6.57. The molecule has 0 spiro atoms. The molecule has 0 bridgehead atoms. The van der Waals surface area contributed by atoms with Crippen molar-refractivity contribution in [1.82, 2.24) is 5.43 Å². The van der Waals surface area contributed by atoms with Crippen molar-refractivity contribution in [3.8, 4) is 0 Å². The summed E-state index contributed by atoms with van der Waals surface area (Å²) < 4.78 is 5.80. The molecule has 2 amide bonds. The number of hydrogen-bond donors (Lipinski definition) is 2. The lowest BCUT2D eigenvalue weighted by atomic mass is 10.2. The molecule has 2 aromatic rings. The maximum absolute atomic E-state index is 11.9. The molecule has 1 aromatic carbocycles. The molecule has 2 rings (SSSR count). The second-order valence-corrected chi connectivity index (χ2v) is 5.10. The molecule has 0 saturated heterocycles. The maximum atomic E-state index is 11.9. The minimum absolute atomic E-state index is 0.0774. The Morgan fingerprint density at radius 2 is 1.95 bits per heavy atom. The first-order chi connectivity index (χ1) is 10.6. The Balaban J connectivity index is 1.92. The maximum Gasteiger partial charge on any atom is 0.271 e. The number of hydrazone groups is 1. The van der Waals surface area contributed by atoms with Crippen LogP contribution < -0.4 is 10.7 Å². The second kappa shape index (κ2) is 7.56. The third-order valence-corrected chi connectivity index (χ3v) is 3.13. The molecule has 0 fully saturated rings. The summed E-state index contributed by atoms with van der Waals surface area (Å²) in [5.74, 6) is 0.0893. The summed E-state index contributed by atoms with van der Waals surface area (Å²) in [4.78, 5) is 23.1. The molecule has 7 heteroatoms. The number of benzene rings is 1. The van der Waals surface area contributed by atoms with E-state index in [1.165, 1.54) is 6.21 Å². The Morgan fingerprint density at radius 3 is 2.55 bits per heavy atom. The van der Waals surface area contributed by atoms with Crippen LogP contribution in [-0.2, 0) is 4.79 Å². The normalized spacial score (nSPS) is 10.6. The number of furan rings is 1. The van der Waals surface area contributed by atoms with Gasteiger partial charge in [-0.25, -0.2) is 5.43 Å². The molecular weight excluding hydrogens is 350 g/mol. The van der Waals surface area contributed by atoms with E-state index >= 15 is 0 Å². The van der Waals surface area contributed by atoms with Crippen molar-refractivity contribution >= 4 is 39.6 Å². The van der Waals surface area contributed by atoms with E-state index in [0.29, 0.717) is 28.1 Å². The number of nitrogens with one attached hydrogen (secondary N) is 2. The topological polar surface area (TPSA) is 83.7 Å². The molecule has 0 radical (unpaired) electrons. The molecule has 0 atom stereocenters. The van der Waals surface area contributed by atoms with Gasteiger partial charge in [0.25, 0.3) is 5.91 Å². The van der Waals surface area contributed by atoms with Crippen LogP contribution in [0, 0.1) is 0 Å². The molecule has 0 aliphatic carbocycles. The van der Waals surface area contributed by atoms with Gasteiger partial charge in [0, 0.05) is 17.7 Å². The smallest absolute Gasteiger partial charge is 0.271 e. The van der Waals surface area contributed by atoms with Crippen LogP contribution in [0.2, 0.25) is 0 Å². The predicted molar refractivity (Wildman–Crippen MR) is 86.8 cm³/mol. The number of anilines is 1. The average molecular weight is 364 g/mol. The van der Waals surface area contributed by atoms with Crippen LogP contribution in [0.15, 0.2) is 50.6 Å². The molecule has 6 nitrogen and oxygen atoms in total. The van der Waals surface area contributed by atoms with Gasteiger partial charge in [-0.15, -0.1) is 0 Å². The van der Waals surface area contributed by atoms with Crippen molar-refractivity contribution in [1.29, 1.82) is 0 Å². The molecule has 0 unspecified atom stereocenters. The van der Waals surface area contributed by atoms with Gasteiger partial charge in [0.05, 0.1) is 6.21 Å². The van der Waals surface area contributed by atoms with Crippen molar-refractivity contribution < 1.29 is 14.0 Å². The van der Waals surface area contributed by atoms with Crippen LogP contribution in [0.5, 0.6) is 0 Å². The van der Waals surface area contributed by atoms with Crippen molar-refractivity contribution in [2.45, 2.75) is 13.3 Å². The van der Waals surface area contributed by atoms with Crippen LogP contribution in [0.25, 0.3) is 0 Å². The van der Waals surface area contributed by atoms with Crippen molar-refractivity contribution in [3.63, 3.8) is 0 Å². The summed E-state index contributed by atoms with van der Waals surface area (Å²) >= 11 is 3.17. The number of nitrogens with zero attached hydrogens (tertiary/aromatic N) is 1. The van der Waals surface area contributed by atoms with Gasteiger partial charge in [-0.1, -0.05) is 6.92 Å². The molecular formula is C15H14BrN3O3. The Hall–Kier alpha value is -2.41. The highest BCUT2D eigenvalue weighted by atomic mass is 79.9. The number of halogens is 1. The standard InChI is InChI=1S/C15H14BrN3O3/c1-2-14(20)18-11-5-3-10(4-6-11)15(21)19-17-9-12-7-8-13(16)22-12/h3-9H,2H2,1H3,(H,18,20)(H,19,21)/b17-9-. The lowest BCUT2D eigenvalue weighted by Crippen LogP contribution is -2.17. The van der Waals surface area contributed by atoms with Crippen molar-refractivity contribution in [2.24, 2.45) is 5.10 Å². The average Bonchev–Trinajstić information content (AvgIpc) is 2.93. The SMILES string of the molecule is CCC(=O)Nc1ccc(C(=O)N/N=C\c2ccc(Br)o2)cc1. The van der Waals surface area contributed by atoms with E-state index in [-0.39, 0.29) is 11.8 Å². The van der Waals surface area contributed by atoms with E-state index in [9.17, 15) is 9.59 Å². The van der Waals surface area contributed by atoms with E-state index in [4.69, 9.17) is 4.42 Å². The van der Waals surface area contributed by atoms with E-state index in [1.54, 1.807) is 43.3 Å². The number of hydrogen-bond acceptors (Lipinski definition) is 4. The summed E-state index contributed by atoms with van der Waals surface area (Å²) in [6.45, 7) is 1.77. The fourth-order valence-corrected chi connectivity index (χ4v) is 1.89. The molecule has 22 heavy (non-hydrogen) atoms. The first kappa shape index (κ1) is 16.0. The zero-order chi connectivity index (χ0) is 15.9. The van der Waals surface area contributed by atoms with Gasteiger partial charge >= 0.3 is 0 Å². The summed E-state index contributed by atoms with van der Waals surface area (Å²) in [6.07, 6.45) is 1.80.